The Labute approximate surface area is 107 Å². The smallest absolute Gasteiger partial charge is 0.195 e. The molecule has 1 saturated carbocycles. The summed E-state index contributed by atoms with van der Waals surface area (Å²) in [6, 6.07) is 0. The number of ketones is 2. The van der Waals surface area contributed by atoms with Crippen LogP contribution in [0.25, 0.3) is 0 Å². The van der Waals surface area contributed by atoms with Crippen LogP contribution >= 0.6 is 0 Å². The van der Waals surface area contributed by atoms with Gasteiger partial charge in [0.2, 0.25) is 0 Å². The van der Waals surface area contributed by atoms with Gasteiger partial charge in [-0.2, -0.15) is 15.0 Å². The number of nitrogens with zero attached hydrogens (tertiary/aromatic N) is 3. The second-order valence-corrected chi connectivity index (χ2v) is 5.38. The minimum Gasteiger partial charge on any atom is -0.299 e. The summed E-state index contributed by atoms with van der Waals surface area (Å²) in [5.74, 6) is 0.340. The molecule has 1 aromatic rings. The van der Waals surface area contributed by atoms with E-state index in [-0.39, 0.29) is 11.6 Å². The molecule has 1 aliphatic rings. The number of rotatable bonds is 3. The molecule has 2 atom stereocenters. The lowest BCUT2D eigenvalue weighted by molar-refractivity contribution is -0.124. The summed E-state index contributed by atoms with van der Waals surface area (Å²) >= 11 is 0. The van der Waals surface area contributed by atoms with Crippen LogP contribution in [0.4, 0.5) is 0 Å². The fraction of sp³-hybridized carbons (Fsp3) is 0.692. The predicted octanol–water partition coefficient (Wildman–Crippen LogP) is 1.64. The SMILES string of the molecule is CC(C)C1CCC(=O)C(C(=O)c2cnn(C)n2)C1. The van der Waals surface area contributed by atoms with Gasteiger partial charge in [0.25, 0.3) is 0 Å². The van der Waals surface area contributed by atoms with E-state index in [1.807, 2.05) is 0 Å². The van der Waals surface area contributed by atoms with E-state index in [2.05, 4.69) is 24.0 Å². The highest BCUT2D eigenvalue weighted by Crippen LogP contribution is 2.33. The molecule has 18 heavy (non-hydrogen) atoms. The third-order valence-electron chi connectivity index (χ3n) is 3.80. The van der Waals surface area contributed by atoms with Crippen molar-refractivity contribution in [2.75, 3.05) is 0 Å². The molecule has 2 rings (SSSR count). The van der Waals surface area contributed by atoms with Gasteiger partial charge in [-0.15, -0.1) is 0 Å². The summed E-state index contributed by atoms with van der Waals surface area (Å²) in [6.07, 6.45) is 3.51. The maximum Gasteiger partial charge on any atom is 0.195 e. The Morgan fingerprint density at radius 1 is 1.50 bits per heavy atom. The molecule has 0 N–H and O–H groups in total. The summed E-state index contributed by atoms with van der Waals surface area (Å²) in [5.41, 5.74) is 0.306. The average Bonchev–Trinajstić information content (AvgIpc) is 2.75. The molecule has 0 saturated heterocycles. The summed E-state index contributed by atoms with van der Waals surface area (Å²) in [6.45, 7) is 4.29. The van der Waals surface area contributed by atoms with Crippen molar-refractivity contribution in [2.24, 2.45) is 24.8 Å². The van der Waals surface area contributed by atoms with Crippen LogP contribution in [-0.4, -0.2) is 26.6 Å². The Balaban J connectivity index is 2.15. The molecular weight excluding hydrogens is 230 g/mol. The maximum absolute atomic E-state index is 12.3. The minimum absolute atomic E-state index is 0.0579. The predicted molar refractivity (Wildman–Crippen MR) is 66.0 cm³/mol. The van der Waals surface area contributed by atoms with Crippen LogP contribution in [0.1, 0.15) is 43.6 Å². The van der Waals surface area contributed by atoms with Gasteiger partial charge < -0.3 is 0 Å². The quantitative estimate of drug-likeness (QED) is 0.603. The van der Waals surface area contributed by atoms with Gasteiger partial charge in [0.1, 0.15) is 11.5 Å². The molecule has 5 nitrogen and oxygen atoms in total. The van der Waals surface area contributed by atoms with Crippen molar-refractivity contribution in [3.05, 3.63) is 11.9 Å². The van der Waals surface area contributed by atoms with Crippen molar-refractivity contribution in [3.8, 4) is 0 Å². The van der Waals surface area contributed by atoms with E-state index in [9.17, 15) is 9.59 Å². The molecule has 0 spiro atoms. The van der Waals surface area contributed by atoms with E-state index in [1.54, 1.807) is 7.05 Å². The van der Waals surface area contributed by atoms with Crippen LogP contribution in [0, 0.1) is 17.8 Å². The fourth-order valence-corrected chi connectivity index (χ4v) is 2.55. The standard InChI is InChI=1S/C13H19N3O2/c1-8(2)9-4-5-12(17)10(6-9)13(18)11-7-14-16(3)15-11/h7-10H,4-6H2,1-3H3. The van der Waals surface area contributed by atoms with Crippen molar-refractivity contribution >= 4 is 11.6 Å². The highest BCUT2D eigenvalue weighted by Gasteiger charge is 2.36. The number of aryl methyl sites for hydroxylation is 1. The zero-order valence-electron chi connectivity index (χ0n) is 11.1. The van der Waals surface area contributed by atoms with E-state index in [1.165, 1.54) is 11.0 Å². The third kappa shape index (κ3) is 2.49. The van der Waals surface area contributed by atoms with Gasteiger partial charge in [-0.3, -0.25) is 9.59 Å². The van der Waals surface area contributed by atoms with Crippen LogP contribution in [0.15, 0.2) is 6.20 Å². The van der Waals surface area contributed by atoms with E-state index < -0.39 is 5.92 Å². The van der Waals surface area contributed by atoms with Crippen molar-refractivity contribution in [1.82, 2.24) is 15.0 Å². The maximum atomic E-state index is 12.3. The first-order chi connectivity index (χ1) is 8.49. The molecule has 1 fully saturated rings. The summed E-state index contributed by atoms with van der Waals surface area (Å²) in [4.78, 5) is 25.5. The lowest BCUT2D eigenvalue weighted by Crippen LogP contribution is -2.33. The van der Waals surface area contributed by atoms with Gasteiger partial charge >= 0.3 is 0 Å². The molecule has 98 valence electrons. The normalized spacial score (nSPS) is 24.6. The monoisotopic (exact) mass is 249 g/mol. The number of hydrogen-bond acceptors (Lipinski definition) is 4. The molecule has 0 aliphatic heterocycles. The second kappa shape index (κ2) is 5.00. The van der Waals surface area contributed by atoms with Gasteiger partial charge in [0.15, 0.2) is 5.78 Å². The Hall–Kier alpha value is -1.52. The lowest BCUT2D eigenvalue weighted by Gasteiger charge is -2.29. The molecule has 5 heteroatoms. The van der Waals surface area contributed by atoms with Crippen LogP contribution in [0.3, 0.4) is 0 Å². The van der Waals surface area contributed by atoms with Crippen LogP contribution < -0.4 is 0 Å². The summed E-state index contributed by atoms with van der Waals surface area (Å²) in [5, 5.41) is 7.88. The molecule has 0 aromatic carbocycles. The van der Waals surface area contributed by atoms with Gasteiger partial charge in [0.05, 0.1) is 12.1 Å². The molecule has 1 aromatic heterocycles. The largest absolute Gasteiger partial charge is 0.299 e. The van der Waals surface area contributed by atoms with Gasteiger partial charge in [-0.1, -0.05) is 13.8 Å². The number of Topliss-reactive ketones (excluding diaryl/α,β-unsaturated/α-hetero) is 2. The highest BCUT2D eigenvalue weighted by molar-refractivity contribution is 6.09. The zero-order valence-corrected chi connectivity index (χ0v) is 11.1. The van der Waals surface area contributed by atoms with Crippen molar-refractivity contribution in [1.29, 1.82) is 0 Å². The van der Waals surface area contributed by atoms with Gasteiger partial charge in [0, 0.05) is 13.5 Å². The second-order valence-electron chi connectivity index (χ2n) is 5.38. The zero-order chi connectivity index (χ0) is 13.3. The van der Waals surface area contributed by atoms with Gasteiger partial charge in [-0.25, -0.2) is 0 Å². The molecular formula is C13H19N3O2. The fourth-order valence-electron chi connectivity index (χ4n) is 2.55. The lowest BCUT2D eigenvalue weighted by atomic mass is 9.73. The molecule has 0 bridgehead atoms. The first-order valence-corrected chi connectivity index (χ1v) is 6.42. The van der Waals surface area contributed by atoms with E-state index in [0.29, 0.717) is 30.4 Å². The third-order valence-corrected chi connectivity index (χ3v) is 3.80. The Morgan fingerprint density at radius 3 is 2.78 bits per heavy atom. The van der Waals surface area contributed by atoms with E-state index >= 15 is 0 Å². The minimum atomic E-state index is -0.511. The number of aromatic nitrogens is 3. The first kappa shape index (κ1) is 12.9. The highest BCUT2D eigenvalue weighted by atomic mass is 16.2. The molecule has 1 heterocycles. The Morgan fingerprint density at radius 2 is 2.22 bits per heavy atom. The van der Waals surface area contributed by atoms with Crippen LogP contribution in [0.2, 0.25) is 0 Å². The molecule has 2 unspecified atom stereocenters. The topological polar surface area (TPSA) is 64.8 Å². The van der Waals surface area contributed by atoms with Crippen molar-refractivity contribution < 1.29 is 9.59 Å². The van der Waals surface area contributed by atoms with Crippen LogP contribution in [0.5, 0.6) is 0 Å². The Bertz CT molecular complexity index is 465. The number of carbonyl (C=O) groups excluding carboxylic acids is 2. The first-order valence-electron chi connectivity index (χ1n) is 6.42. The number of hydrogen-bond donors (Lipinski definition) is 0. The van der Waals surface area contributed by atoms with Crippen molar-refractivity contribution in [2.45, 2.75) is 33.1 Å². The molecule has 0 amide bonds. The summed E-state index contributed by atoms with van der Waals surface area (Å²) in [7, 11) is 1.66. The summed E-state index contributed by atoms with van der Waals surface area (Å²) < 4.78 is 0. The Kier molecular flexibility index (Phi) is 3.59. The average molecular weight is 249 g/mol. The van der Waals surface area contributed by atoms with Gasteiger partial charge in [-0.05, 0) is 24.7 Å². The van der Waals surface area contributed by atoms with Crippen LogP contribution in [-0.2, 0) is 11.8 Å². The van der Waals surface area contributed by atoms with E-state index in [4.69, 9.17) is 0 Å². The van der Waals surface area contributed by atoms with Crippen molar-refractivity contribution in [3.63, 3.8) is 0 Å². The number of carbonyl (C=O) groups is 2. The molecule has 0 radical (unpaired) electrons. The molecule has 1 aliphatic carbocycles. The van der Waals surface area contributed by atoms with E-state index in [0.717, 1.165) is 6.42 Å².